The molecule has 1 amide bonds. The predicted octanol–water partition coefficient (Wildman–Crippen LogP) is 3.66. The molecular weight excluding hydrogens is 340 g/mol. The highest BCUT2D eigenvalue weighted by Crippen LogP contribution is 2.38. The van der Waals surface area contributed by atoms with Gasteiger partial charge in [-0.1, -0.05) is 25.5 Å². The van der Waals surface area contributed by atoms with Crippen LogP contribution in [0.15, 0.2) is 40.6 Å². The third-order valence-corrected chi connectivity index (χ3v) is 5.49. The predicted molar refractivity (Wildman–Crippen MR) is 104 cm³/mol. The molecule has 0 fully saturated rings. The molecule has 1 aliphatic rings. The van der Waals surface area contributed by atoms with Gasteiger partial charge in [-0.25, -0.2) is 0 Å². The van der Waals surface area contributed by atoms with Gasteiger partial charge in [0.25, 0.3) is 0 Å². The van der Waals surface area contributed by atoms with E-state index in [0.717, 1.165) is 18.4 Å². The standard InChI is InChI=1S/C21H28N4O2/c1-13(2)19-10-17(14(3)9-18(19)12-23-15(4)26)11-20-24-25-21(27-20)16-5-7-22-8-6-16/h5-9,13,17-19H,10-12H2,1-4H3,(H,23,26). The van der Waals surface area contributed by atoms with E-state index >= 15 is 0 Å². The van der Waals surface area contributed by atoms with Crippen LogP contribution in [0.1, 0.15) is 40.0 Å². The Kier molecular flexibility index (Phi) is 6.04. The number of carbonyl (C=O) groups is 1. The summed E-state index contributed by atoms with van der Waals surface area (Å²) in [5.74, 6) is 3.06. The molecule has 0 radical (unpaired) electrons. The minimum Gasteiger partial charge on any atom is -0.421 e. The highest BCUT2D eigenvalue weighted by Gasteiger charge is 2.32. The molecule has 3 unspecified atom stereocenters. The van der Waals surface area contributed by atoms with E-state index in [1.54, 1.807) is 19.3 Å². The molecule has 1 N–H and O–H groups in total. The van der Waals surface area contributed by atoms with Crippen LogP contribution >= 0.6 is 0 Å². The van der Waals surface area contributed by atoms with Gasteiger partial charge in [-0.2, -0.15) is 0 Å². The molecule has 6 heteroatoms. The fraction of sp³-hybridized carbons (Fsp3) is 0.524. The Labute approximate surface area is 160 Å². The Morgan fingerprint density at radius 1 is 1.30 bits per heavy atom. The van der Waals surface area contributed by atoms with Crippen molar-refractivity contribution in [3.8, 4) is 11.5 Å². The Balaban J connectivity index is 1.72. The van der Waals surface area contributed by atoms with Crippen LogP contribution in [-0.2, 0) is 11.2 Å². The van der Waals surface area contributed by atoms with E-state index in [1.807, 2.05) is 12.1 Å². The van der Waals surface area contributed by atoms with Crippen LogP contribution in [0.25, 0.3) is 11.5 Å². The summed E-state index contributed by atoms with van der Waals surface area (Å²) in [5, 5.41) is 11.4. The zero-order valence-corrected chi connectivity index (χ0v) is 16.5. The van der Waals surface area contributed by atoms with Crippen LogP contribution in [0.3, 0.4) is 0 Å². The molecule has 6 nitrogen and oxygen atoms in total. The lowest BCUT2D eigenvalue weighted by molar-refractivity contribution is -0.119. The number of aromatic nitrogens is 3. The molecule has 2 aromatic rings. The SMILES string of the molecule is CC(=O)NCC1C=C(C)C(Cc2nnc(-c3ccncc3)o2)CC1C(C)C. The topological polar surface area (TPSA) is 80.9 Å². The second-order valence-corrected chi connectivity index (χ2v) is 7.79. The normalized spacial score (nSPS) is 22.6. The average molecular weight is 368 g/mol. The highest BCUT2D eigenvalue weighted by molar-refractivity contribution is 5.72. The molecule has 3 atom stereocenters. The summed E-state index contributed by atoms with van der Waals surface area (Å²) in [4.78, 5) is 15.3. The average Bonchev–Trinajstić information content (AvgIpc) is 3.11. The lowest BCUT2D eigenvalue weighted by atomic mass is 9.70. The van der Waals surface area contributed by atoms with E-state index in [2.05, 4.69) is 47.3 Å². The third-order valence-electron chi connectivity index (χ3n) is 5.49. The quantitative estimate of drug-likeness (QED) is 0.787. The molecular formula is C21H28N4O2. The lowest BCUT2D eigenvalue weighted by Crippen LogP contribution is -2.36. The van der Waals surface area contributed by atoms with Crippen molar-refractivity contribution >= 4 is 5.91 Å². The van der Waals surface area contributed by atoms with Crippen LogP contribution in [0.5, 0.6) is 0 Å². The van der Waals surface area contributed by atoms with E-state index < -0.39 is 0 Å². The number of rotatable bonds is 6. The first-order valence-corrected chi connectivity index (χ1v) is 9.59. The van der Waals surface area contributed by atoms with Crippen molar-refractivity contribution in [2.45, 2.75) is 40.5 Å². The Morgan fingerprint density at radius 2 is 2.04 bits per heavy atom. The van der Waals surface area contributed by atoms with Crippen LogP contribution < -0.4 is 5.32 Å². The fourth-order valence-electron chi connectivity index (χ4n) is 3.93. The fourth-order valence-corrected chi connectivity index (χ4v) is 3.93. The van der Waals surface area contributed by atoms with E-state index in [0.29, 0.717) is 42.0 Å². The molecule has 2 aromatic heterocycles. The van der Waals surface area contributed by atoms with E-state index in [4.69, 9.17) is 4.42 Å². The smallest absolute Gasteiger partial charge is 0.247 e. The van der Waals surface area contributed by atoms with Crippen molar-refractivity contribution in [1.82, 2.24) is 20.5 Å². The first kappa shape index (κ1) is 19.3. The van der Waals surface area contributed by atoms with Crippen molar-refractivity contribution in [3.63, 3.8) is 0 Å². The maximum atomic E-state index is 11.3. The Bertz CT molecular complexity index is 798. The van der Waals surface area contributed by atoms with Gasteiger partial charge in [-0.05, 0) is 49.1 Å². The van der Waals surface area contributed by atoms with Gasteiger partial charge in [-0.3, -0.25) is 9.78 Å². The van der Waals surface area contributed by atoms with Gasteiger partial charge in [0, 0.05) is 37.8 Å². The minimum absolute atomic E-state index is 0.0279. The summed E-state index contributed by atoms with van der Waals surface area (Å²) in [5.41, 5.74) is 2.22. The first-order valence-electron chi connectivity index (χ1n) is 9.59. The van der Waals surface area contributed by atoms with Gasteiger partial charge >= 0.3 is 0 Å². The maximum Gasteiger partial charge on any atom is 0.247 e. The zero-order valence-electron chi connectivity index (χ0n) is 16.5. The molecule has 0 aromatic carbocycles. The number of nitrogens with one attached hydrogen (secondary N) is 1. The van der Waals surface area contributed by atoms with Crippen molar-refractivity contribution in [1.29, 1.82) is 0 Å². The number of pyridine rings is 1. The van der Waals surface area contributed by atoms with E-state index in [-0.39, 0.29) is 5.91 Å². The molecule has 144 valence electrons. The van der Waals surface area contributed by atoms with Crippen LogP contribution in [0.4, 0.5) is 0 Å². The summed E-state index contributed by atoms with van der Waals surface area (Å²) in [6.45, 7) is 8.95. The van der Waals surface area contributed by atoms with Gasteiger partial charge in [0.1, 0.15) is 0 Å². The molecule has 0 aliphatic heterocycles. The van der Waals surface area contributed by atoms with Crippen LogP contribution in [0.2, 0.25) is 0 Å². The molecule has 1 aliphatic carbocycles. The van der Waals surface area contributed by atoms with Gasteiger partial charge in [0.2, 0.25) is 17.7 Å². The lowest BCUT2D eigenvalue weighted by Gasteiger charge is -2.37. The number of allylic oxidation sites excluding steroid dienone is 1. The van der Waals surface area contributed by atoms with Crippen molar-refractivity contribution in [2.24, 2.45) is 23.7 Å². The largest absolute Gasteiger partial charge is 0.421 e. The summed E-state index contributed by atoms with van der Waals surface area (Å²) in [6.07, 6.45) is 7.58. The highest BCUT2D eigenvalue weighted by atomic mass is 16.4. The van der Waals surface area contributed by atoms with Crippen molar-refractivity contribution < 1.29 is 9.21 Å². The Morgan fingerprint density at radius 3 is 2.70 bits per heavy atom. The first-order chi connectivity index (χ1) is 12.9. The summed E-state index contributed by atoms with van der Waals surface area (Å²) in [6, 6.07) is 3.73. The molecule has 0 spiro atoms. The molecule has 3 rings (SSSR count). The van der Waals surface area contributed by atoms with Gasteiger partial charge in [0.15, 0.2) is 0 Å². The monoisotopic (exact) mass is 368 g/mol. The maximum absolute atomic E-state index is 11.3. The number of hydrogen-bond acceptors (Lipinski definition) is 5. The van der Waals surface area contributed by atoms with Crippen molar-refractivity contribution in [3.05, 3.63) is 42.1 Å². The summed E-state index contributed by atoms with van der Waals surface area (Å²) < 4.78 is 5.89. The molecule has 0 saturated heterocycles. The summed E-state index contributed by atoms with van der Waals surface area (Å²) >= 11 is 0. The van der Waals surface area contributed by atoms with Crippen LogP contribution in [0, 0.1) is 23.7 Å². The molecule has 27 heavy (non-hydrogen) atoms. The van der Waals surface area contributed by atoms with Gasteiger partial charge < -0.3 is 9.73 Å². The third kappa shape index (κ3) is 4.81. The van der Waals surface area contributed by atoms with Crippen molar-refractivity contribution in [2.75, 3.05) is 6.54 Å². The number of nitrogens with zero attached hydrogens (tertiary/aromatic N) is 3. The Hall–Kier alpha value is -2.50. The number of hydrogen-bond donors (Lipinski definition) is 1. The van der Waals surface area contributed by atoms with Gasteiger partial charge in [-0.15, -0.1) is 10.2 Å². The number of amides is 1. The molecule has 0 saturated carbocycles. The molecule has 2 heterocycles. The van der Waals surface area contributed by atoms with E-state index in [9.17, 15) is 4.79 Å². The van der Waals surface area contributed by atoms with Crippen LogP contribution in [-0.4, -0.2) is 27.6 Å². The zero-order chi connectivity index (χ0) is 19.4. The van der Waals surface area contributed by atoms with Gasteiger partial charge in [0.05, 0.1) is 0 Å². The summed E-state index contributed by atoms with van der Waals surface area (Å²) in [7, 11) is 0. The second-order valence-electron chi connectivity index (χ2n) is 7.79. The molecule has 0 bridgehead atoms. The number of carbonyl (C=O) groups excluding carboxylic acids is 1. The minimum atomic E-state index is 0.0279. The van der Waals surface area contributed by atoms with E-state index in [1.165, 1.54) is 5.57 Å². The second kappa shape index (κ2) is 8.46.